The van der Waals surface area contributed by atoms with Gasteiger partial charge in [0.05, 0.1) is 0 Å². The van der Waals surface area contributed by atoms with Crippen LogP contribution in [0, 0.1) is 17.8 Å². The Morgan fingerprint density at radius 3 is 2.32 bits per heavy atom. The first kappa shape index (κ1) is 19.9. The predicted molar refractivity (Wildman–Crippen MR) is 108 cm³/mol. The first-order valence-electron chi connectivity index (χ1n) is 9.85. The van der Waals surface area contributed by atoms with E-state index < -0.39 is 0 Å². The van der Waals surface area contributed by atoms with Crippen LogP contribution in [-0.2, 0) is 0 Å². The second kappa shape index (κ2) is 7.84. The number of rotatable bonds is 7. The van der Waals surface area contributed by atoms with Gasteiger partial charge < -0.3 is 16.4 Å². The van der Waals surface area contributed by atoms with Gasteiger partial charge in [-0.25, -0.2) is 0 Å². The molecule has 25 heavy (non-hydrogen) atoms. The van der Waals surface area contributed by atoms with Gasteiger partial charge in [0, 0.05) is 12.6 Å². The van der Waals surface area contributed by atoms with Crippen LogP contribution in [0.2, 0.25) is 0 Å². The van der Waals surface area contributed by atoms with Crippen molar-refractivity contribution in [2.24, 2.45) is 34.2 Å². The van der Waals surface area contributed by atoms with Crippen molar-refractivity contribution in [3.8, 4) is 0 Å². The standard InChI is InChI=1S/C21H38N4/c1-14(2)12-21(13-18(21)15(3)4)25(6)20(23)24-19(22)16(5)11-17-9-7-8-10-17/h15,17-18H,1,7-13,22H2,2-6H3,(H2,23,24)/b19-16+. The van der Waals surface area contributed by atoms with Crippen LogP contribution in [0.15, 0.2) is 28.5 Å². The first-order valence-corrected chi connectivity index (χ1v) is 9.85. The zero-order valence-electron chi connectivity index (χ0n) is 16.9. The van der Waals surface area contributed by atoms with Gasteiger partial charge in [0.15, 0.2) is 5.96 Å². The molecule has 2 fully saturated rings. The Morgan fingerprint density at radius 1 is 1.24 bits per heavy atom. The van der Waals surface area contributed by atoms with Crippen LogP contribution in [0.4, 0.5) is 0 Å². The molecule has 4 N–H and O–H groups in total. The summed E-state index contributed by atoms with van der Waals surface area (Å²) < 4.78 is 0. The lowest BCUT2D eigenvalue weighted by Gasteiger charge is -2.32. The maximum absolute atomic E-state index is 6.36. The lowest BCUT2D eigenvalue weighted by Crippen LogP contribution is -2.45. The van der Waals surface area contributed by atoms with E-state index in [1.807, 2.05) is 0 Å². The molecule has 2 atom stereocenters. The molecular weight excluding hydrogens is 308 g/mol. The molecule has 2 rings (SSSR count). The van der Waals surface area contributed by atoms with Crippen LogP contribution in [0.3, 0.4) is 0 Å². The van der Waals surface area contributed by atoms with E-state index in [-0.39, 0.29) is 5.54 Å². The minimum Gasteiger partial charge on any atom is -0.384 e. The summed E-state index contributed by atoms with van der Waals surface area (Å²) in [5.74, 6) is 3.17. The summed E-state index contributed by atoms with van der Waals surface area (Å²) in [6.45, 7) is 12.9. The Labute approximate surface area is 154 Å². The molecule has 2 aliphatic rings. The number of nitrogens with two attached hydrogens (primary N) is 2. The summed E-state index contributed by atoms with van der Waals surface area (Å²) in [4.78, 5) is 6.73. The first-order chi connectivity index (χ1) is 11.7. The van der Waals surface area contributed by atoms with Crippen LogP contribution in [0.25, 0.3) is 0 Å². The summed E-state index contributed by atoms with van der Waals surface area (Å²) in [6, 6.07) is 0. The van der Waals surface area contributed by atoms with Crippen LogP contribution in [0.5, 0.6) is 0 Å². The largest absolute Gasteiger partial charge is 0.384 e. The smallest absolute Gasteiger partial charge is 0.198 e. The topological polar surface area (TPSA) is 67.6 Å². The van der Waals surface area contributed by atoms with Crippen molar-refractivity contribution in [2.75, 3.05) is 7.05 Å². The number of hydrogen-bond acceptors (Lipinski definition) is 2. The van der Waals surface area contributed by atoms with Gasteiger partial charge in [0.25, 0.3) is 0 Å². The Hall–Kier alpha value is -1.45. The molecule has 0 aromatic rings. The molecule has 2 saturated carbocycles. The Balaban J connectivity index is 2.12. The van der Waals surface area contributed by atoms with Crippen LogP contribution < -0.4 is 11.5 Å². The summed E-state index contributed by atoms with van der Waals surface area (Å²) >= 11 is 0. The van der Waals surface area contributed by atoms with Crippen molar-refractivity contribution in [3.63, 3.8) is 0 Å². The molecule has 0 radical (unpaired) electrons. The van der Waals surface area contributed by atoms with Crippen molar-refractivity contribution in [3.05, 3.63) is 23.5 Å². The molecule has 0 bridgehead atoms. The van der Waals surface area contributed by atoms with Gasteiger partial charge in [0.2, 0.25) is 0 Å². The van der Waals surface area contributed by atoms with Crippen molar-refractivity contribution in [1.29, 1.82) is 0 Å². The predicted octanol–water partition coefficient (Wildman–Crippen LogP) is 4.38. The molecule has 4 nitrogen and oxygen atoms in total. The van der Waals surface area contributed by atoms with E-state index >= 15 is 0 Å². The molecule has 0 heterocycles. The summed E-state index contributed by atoms with van der Waals surface area (Å²) in [7, 11) is 2.06. The number of guanidine groups is 1. The Morgan fingerprint density at radius 2 is 1.84 bits per heavy atom. The minimum absolute atomic E-state index is 0.0627. The highest BCUT2D eigenvalue weighted by molar-refractivity contribution is 5.80. The molecule has 0 spiro atoms. The van der Waals surface area contributed by atoms with Crippen molar-refractivity contribution >= 4 is 5.96 Å². The van der Waals surface area contributed by atoms with E-state index in [4.69, 9.17) is 11.5 Å². The highest BCUT2D eigenvalue weighted by Crippen LogP contribution is 2.55. The molecular formula is C21H38N4. The number of aliphatic imine (C=N–C) groups is 1. The third kappa shape index (κ3) is 4.59. The lowest BCUT2D eigenvalue weighted by atomic mass is 9.97. The van der Waals surface area contributed by atoms with Gasteiger partial charge >= 0.3 is 0 Å². The van der Waals surface area contributed by atoms with E-state index in [0.29, 0.717) is 23.6 Å². The van der Waals surface area contributed by atoms with Gasteiger partial charge in [-0.2, -0.15) is 4.99 Å². The van der Waals surface area contributed by atoms with E-state index in [2.05, 4.69) is 51.2 Å². The molecule has 0 aliphatic heterocycles. The SMILES string of the molecule is C=C(C)CC1(N(C)C(N)=N/C(N)=C(\C)CC2CCCC2)CC1C(C)C. The Bertz CT molecular complexity index is 554. The normalized spacial score (nSPS) is 28.2. The fourth-order valence-electron chi connectivity index (χ4n) is 4.68. The van der Waals surface area contributed by atoms with E-state index in [9.17, 15) is 0 Å². The monoisotopic (exact) mass is 346 g/mol. The third-order valence-electron chi connectivity index (χ3n) is 6.27. The third-order valence-corrected chi connectivity index (χ3v) is 6.27. The molecule has 142 valence electrons. The average Bonchev–Trinajstić information content (AvgIpc) is 3.01. The number of hydrogen-bond donors (Lipinski definition) is 2. The van der Waals surface area contributed by atoms with Crippen molar-refractivity contribution in [1.82, 2.24) is 4.90 Å². The second-order valence-electron chi connectivity index (χ2n) is 8.84. The zero-order chi connectivity index (χ0) is 18.8. The van der Waals surface area contributed by atoms with Gasteiger partial charge in [0.1, 0.15) is 5.82 Å². The van der Waals surface area contributed by atoms with Crippen LogP contribution in [0.1, 0.15) is 72.6 Å². The molecule has 0 saturated heterocycles. The van der Waals surface area contributed by atoms with Crippen molar-refractivity contribution < 1.29 is 0 Å². The number of allylic oxidation sites excluding steroid dienone is 1. The fraction of sp³-hybridized carbons (Fsp3) is 0.762. The maximum atomic E-state index is 6.36. The minimum atomic E-state index is 0.0627. The molecule has 2 unspecified atom stereocenters. The Kier molecular flexibility index (Phi) is 6.23. The van der Waals surface area contributed by atoms with E-state index in [1.54, 1.807) is 0 Å². The van der Waals surface area contributed by atoms with Gasteiger partial charge in [-0.05, 0) is 56.4 Å². The summed E-state index contributed by atoms with van der Waals surface area (Å²) in [6.07, 6.45) is 8.51. The molecule has 2 aliphatic carbocycles. The summed E-state index contributed by atoms with van der Waals surface area (Å²) in [5.41, 5.74) is 15.1. The van der Waals surface area contributed by atoms with Gasteiger partial charge in [-0.1, -0.05) is 45.1 Å². The number of nitrogens with zero attached hydrogens (tertiary/aromatic N) is 2. The van der Waals surface area contributed by atoms with Gasteiger partial charge in [-0.15, -0.1) is 6.58 Å². The highest BCUT2D eigenvalue weighted by atomic mass is 15.3. The highest BCUT2D eigenvalue weighted by Gasteiger charge is 2.58. The van der Waals surface area contributed by atoms with Gasteiger partial charge in [-0.3, -0.25) is 0 Å². The summed E-state index contributed by atoms with van der Waals surface area (Å²) in [5, 5.41) is 0. The quantitative estimate of drug-likeness (QED) is 0.408. The van der Waals surface area contributed by atoms with Crippen LogP contribution >= 0.6 is 0 Å². The lowest BCUT2D eigenvalue weighted by molar-refractivity contribution is 0.285. The molecule has 0 aromatic carbocycles. The maximum Gasteiger partial charge on any atom is 0.198 e. The fourth-order valence-corrected chi connectivity index (χ4v) is 4.68. The van der Waals surface area contributed by atoms with E-state index in [0.717, 1.165) is 25.2 Å². The molecule has 4 heteroatoms. The van der Waals surface area contributed by atoms with E-state index in [1.165, 1.54) is 36.8 Å². The second-order valence-corrected chi connectivity index (χ2v) is 8.84. The molecule has 0 aromatic heterocycles. The van der Waals surface area contributed by atoms with Crippen molar-refractivity contribution in [2.45, 2.75) is 78.2 Å². The average molecular weight is 347 g/mol. The van der Waals surface area contributed by atoms with Crippen LogP contribution in [-0.4, -0.2) is 23.4 Å². The molecule has 0 amide bonds. The zero-order valence-corrected chi connectivity index (χ0v) is 16.9.